The first-order valence-electron chi connectivity index (χ1n) is 38.3. The number of rotatable bonds is 70. The largest absolute Gasteiger partial charge is 0.545 e. The van der Waals surface area contributed by atoms with E-state index in [2.05, 4.69) is 148 Å². The minimum atomic E-state index is -1.63. The first-order chi connectivity index (χ1) is 45.6. The predicted molar refractivity (Wildman–Crippen MR) is 398 cm³/mol. The molecular formula is C84H143NO8. The van der Waals surface area contributed by atoms with Crippen LogP contribution in [0.2, 0.25) is 0 Å². The number of hydrogen-bond donors (Lipinski definition) is 0. The van der Waals surface area contributed by atoms with E-state index < -0.39 is 24.3 Å². The third-order valence-corrected chi connectivity index (χ3v) is 16.4. The van der Waals surface area contributed by atoms with Gasteiger partial charge in [-0.1, -0.05) is 334 Å². The zero-order valence-corrected chi connectivity index (χ0v) is 60.8. The zero-order chi connectivity index (χ0) is 67.5. The van der Waals surface area contributed by atoms with Crippen molar-refractivity contribution in [1.82, 2.24) is 0 Å². The Bertz CT molecular complexity index is 2000. The van der Waals surface area contributed by atoms with Gasteiger partial charge in [0.2, 0.25) is 0 Å². The van der Waals surface area contributed by atoms with E-state index in [4.69, 9.17) is 18.9 Å². The molecule has 0 saturated heterocycles. The van der Waals surface area contributed by atoms with Crippen molar-refractivity contribution in [2.45, 2.75) is 334 Å². The number of allylic oxidation sites excluding steroid dienone is 22. The molecule has 0 aromatic heterocycles. The fourth-order valence-corrected chi connectivity index (χ4v) is 10.6. The number of likely N-dealkylation sites (N-methyl/N-ethyl adjacent to an activating group) is 1. The molecule has 0 aromatic carbocycles. The molecule has 0 rings (SSSR count). The number of hydrogen-bond acceptors (Lipinski definition) is 8. The molecular weight excluding hydrogens is 1150 g/mol. The summed E-state index contributed by atoms with van der Waals surface area (Å²) >= 11 is 0. The van der Waals surface area contributed by atoms with Crippen LogP contribution in [-0.4, -0.2) is 82.3 Å². The number of carbonyl (C=O) groups excluding carboxylic acids is 3. The minimum Gasteiger partial charge on any atom is -0.545 e. The number of unbranched alkanes of at least 4 members (excludes halogenated alkanes) is 33. The van der Waals surface area contributed by atoms with Crippen molar-refractivity contribution in [2.75, 3.05) is 47.5 Å². The second-order valence-electron chi connectivity index (χ2n) is 26.5. The normalized spacial score (nSPS) is 13.4. The Balaban J connectivity index is 4.04. The van der Waals surface area contributed by atoms with Gasteiger partial charge >= 0.3 is 11.9 Å². The molecule has 93 heavy (non-hydrogen) atoms. The number of carboxylic acids is 1. The molecule has 0 aromatic rings. The molecule has 2 atom stereocenters. The van der Waals surface area contributed by atoms with Crippen LogP contribution in [0.25, 0.3) is 0 Å². The van der Waals surface area contributed by atoms with Crippen LogP contribution < -0.4 is 5.11 Å². The molecule has 0 radical (unpaired) electrons. The smallest absolute Gasteiger partial charge is 0.306 e. The quantitative estimate of drug-likeness (QED) is 0.0195. The van der Waals surface area contributed by atoms with Crippen molar-refractivity contribution in [3.63, 3.8) is 0 Å². The highest BCUT2D eigenvalue weighted by atomic mass is 16.7. The van der Waals surface area contributed by atoms with Crippen molar-refractivity contribution in [3.05, 3.63) is 134 Å². The second kappa shape index (κ2) is 73.2. The summed E-state index contributed by atoms with van der Waals surface area (Å²) in [6.07, 6.45) is 103. The standard InChI is InChI=1S/C84H143NO8/c1-6-8-10-12-14-16-18-20-22-24-26-28-30-32-34-36-37-38-39-40-41-42-43-44-45-47-48-50-52-54-56-58-60-62-64-66-68-70-72-74-81(86)91-78-80(79-92-84(83(88)89)90-77-76-85(3,4)5)93-82(87)75-73-71-69-67-65-63-61-59-57-55-53-51-49-46-35-33-31-29-27-25-23-21-19-17-15-13-11-9-7-2/h8-11,14-17,20-23,26-29,33,35,49,51,55,57,80,84H,6-7,12-13,18-19,24-25,30-32,34,36-48,50,52-54,56,58-79H2,1-5H3/b10-8-,11-9-,16-14-,17-15-,22-20-,23-21-,28-26-,29-27-,35-33-,51-49-,57-55-. The summed E-state index contributed by atoms with van der Waals surface area (Å²) in [6, 6.07) is 0. The van der Waals surface area contributed by atoms with Gasteiger partial charge in [0.15, 0.2) is 12.4 Å². The van der Waals surface area contributed by atoms with Crippen molar-refractivity contribution in [3.8, 4) is 0 Å². The Morgan fingerprint density at radius 2 is 0.581 bits per heavy atom. The SMILES string of the molecule is CC/C=C\C/C=C\C/C=C\C/C=C\C/C=C\C/C=C\C/C=C\CCCCCCCCCC(=O)OC(COC(=O)CCCCCCCCCCCCCCCCCCCCCCCCCCCC/C=C\C/C=C\C/C=C\C/C=C\CC)COC(OCC[N+](C)(C)C)C(=O)[O-]. The summed E-state index contributed by atoms with van der Waals surface area (Å²) in [7, 11) is 5.93. The summed E-state index contributed by atoms with van der Waals surface area (Å²) in [5, 5.41) is 11.8. The maximum atomic E-state index is 12.9. The van der Waals surface area contributed by atoms with E-state index in [-0.39, 0.29) is 38.6 Å². The van der Waals surface area contributed by atoms with Crippen LogP contribution in [0.15, 0.2) is 134 Å². The van der Waals surface area contributed by atoms with Gasteiger partial charge in [0.25, 0.3) is 0 Å². The molecule has 9 heteroatoms. The monoisotopic (exact) mass is 1290 g/mol. The van der Waals surface area contributed by atoms with E-state index in [1.54, 1.807) is 0 Å². The summed E-state index contributed by atoms with van der Waals surface area (Å²) in [4.78, 5) is 37.6. The Morgan fingerprint density at radius 1 is 0.323 bits per heavy atom. The van der Waals surface area contributed by atoms with Crippen molar-refractivity contribution < 1.29 is 42.9 Å². The van der Waals surface area contributed by atoms with Crippen LogP contribution in [0, 0.1) is 0 Å². The lowest BCUT2D eigenvalue weighted by atomic mass is 10.0. The second-order valence-corrected chi connectivity index (χ2v) is 26.5. The Hall–Kier alpha value is -4.57. The highest BCUT2D eigenvalue weighted by Gasteiger charge is 2.22. The van der Waals surface area contributed by atoms with E-state index in [9.17, 15) is 19.5 Å². The zero-order valence-electron chi connectivity index (χ0n) is 60.8. The number of quaternary nitrogens is 1. The molecule has 2 unspecified atom stereocenters. The maximum Gasteiger partial charge on any atom is 0.306 e. The lowest BCUT2D eigenvalue weighted by Gasteiger charge is -2.26. The van der Waals surface area contributed by atoms with Crippen LogP contribution in [-0.2, 0) is 33.3 Å². The molecule has 0 aliphatic heterocycles. The number of aliphatic carboxylic acids is 1. The van der Waals surface area contributed by atoms with Gasteiger partial charge in [-0.3, -0.25) is 9.59 Å². The number of nitrogens with zero attached hydrogens (tertiary/aromatic N) is 1. The van der Waals surface area contributed by atoms with Gasteiger partial charge in [-0.2, -0.15) is 0 Å². The van der Waals surface area contributed by atoms with Crippen LogP contribution in [0.4, 0.5) is 0 Å². The first kappa shape index (κ1) is 88.4. The van der Waals surface area contributed by atoms with Gasteiger partial charge in [0.05, 0.1) is 40.3 Å². The summed E-state index contributed by atoms with van der Waals surface area (Å²) in [5.41, 5.74) is 0. The number of carbonyl (C=O) groups is 3. The third kappa shape index (κ3) is 74.7. The van der Waals surface area contributed by atoms with E-state index in [1.165, 1.54) is 173 Å². The molecule has 0 fully saturated rings. The Labute approximate surface area is 573 Å². The molecule has 0 aliphatic rings. The fourth-order valence-electron chi connectivity index (χ4n) is 10.6. The van der Waals surface area contributed by atoms with Crippen LogP contribution >= 0.6 is 0 Å². The lowest BCUT2D eigenvalue weighted by Crippen LogP contribution is -2.44. The molecule has 0 aliphatic carbocycles. The lowest BCUT2D eigenvalue weighted by molar-refractivity contribution is -0.870. The number of ether oxygens (including phenoxy) is 4. The first-order valence-corrected chi connectivity index (χ1v) is 38.3. The number of esters is 2. The Kier molecular flexibility index (Phi) is 69.6. The van der Waals surface area contributed by atoms with Gasteiger partial charge in [-0.05, 0) is 109 Å². The van der Waals surface area contributed by atoms with Gasteiger partial charge in [0.1, 0.15) is 13.2 Å². The van der Waals surface area contributed by atoms with Gasteiger partial charge in [-0.25, -0.2) is 0 Å². The van der Waals surface area contributed by atoms with Gasteiger partial charge < -0.3 is 33.3 Å². The molecule has 0 bridgehead atoms. The van der Waals surface area contributed by atoms with Crippen molar-refractivity contribution in [2.24, 2.45) is 0 Å². The highest BCUT2D eigenvalue weighted by molar-refractivity contribution is 5.70. The predicted octanol–water partition coefficient (Wildman–Crippen LogP) is 23.1. The average Bonchev–Trinajstić information content (AvgIpc) is 3.74. The molecule has 0 saturated carbocycles. The Morgan fingerprint density at radius 3 is 0.860 bits per heavy atom. The molecule has 532 valence electrons. The van der Waals surface area contributed by atoms with E-state index in [0.29, 0.717) is 17.4 Å². The van der Waals surface area contributed by atoms with Crippen molar-refractivity contribution >= 4 is 17.9 Å². The van der Waals surface area contributed by atoms with Gasteiger partial charge in [0, 0.05) is 12.8 Å². The van der Waals surface area contributed by atoms with E-state index >= 15 is 0 Å². The number of carboxylic acid groups (broad SMARTS) is 1. The van der Waals surface area contributed by atoms with Crippen molar-refractivity contribution in [1.29, 1.82) is 0 Å². The maximum absolute atomic E-state index is 12.9. The highest BCUT2D eigenvalue weighted by Crippen LogP contribution is 2.18. The minimum absolute atomic E-state index is 0.141. The van der Waals surface area contributed by atoms with Gasteiger partial charge in [-0.15, -0.1) is 0 Å². The fraction of sp³-hybridized carbons (Fsp3) is 0.702. The summed E-state index contributed by atoms with van der Waals surface area (Å²) in [6.45, 7) is 4.53. The summed E-state index contributed by atoms with van der Waals surface area (Å²) < 4.78 is 22.8. The molecule has 0 N–H and O–H groups in total. The average molecular weight is 1300 g/mol. The molecule has 0 amide bonds. The van der Waals surface area contributed by atoms with Crippen LogP contribution in [0.3, 0.4) is 0 Å². The topological polar surface area (TPSA) is 111 Å². The van der Waals surface area contributed by atoms with Crippen LogP contribution in [0.5, 0.6) is 0 Å². The molecule has 0 heterocycles. The van der Waals surface area contributed by atoms with Crippen LogP contribution in [0.1, 0.15) is 322 Å². The molecule has 9 nitrogen and oxygen atoms in total. The van der Waals surface area contributed by atoms with E-state index in [0.717, 1.165) is 116 Å². The molecule has 0 spiro atoms. The van der Waals surface area contributed by atoms with E-state index in [1.807, 2.05) is 21.1 Å². The third-order valence-electron chi connectivity index (χ3n) is 16.4. The summed E-state index contributed by atoms with van der Waals surface area (Å²) in [5.74, 6) is -2.29.